The Balaban J connectivity index is 1.31. The second-order valence-corrected chi connectivity index (χ2v) is 10.1. The molecule has 2 heterocycles. The van der Waals surface area contributed by atoms with Gasteiger partial charge in [0.15, 0.2) is 0 Å². The standard InChI is InChI=1S/C27H32N4O2S/c1-33-26-25(29-24(32)19-34-2)22-10-6-7-11-23(22)27(26)12-14-30(15-13-27)17-20-16-28-31(18-20)21-8-4-3-5-9-21/h3-11,16,18,25-26H,12-15,17,19H2,1-2H3,(H,29,32)/t25-,26+/m0/s1. The number of hydrogen-bond donors (Lipinski definition) is 1. The molecule has 0 radical (unpaired) electrons. The number of nitrogens with one attached hydrogen (secondary N) is 1. The topological polar surface area (TPSA) is 59.4 Å². The molecule has 3 aromatic rings. The van der Waals surface area contributed by atoms with Crippen LogP contribution in [0.5, 0.6) is 0 Å². The zero-order valence-electron chi connectivity index (χ0n) is 19.8. The number of fused-ring (bicyclic) bond motifs is 2. The van der Waals surface area contributed by atoms with Gasteiger partial charge in [-0.1, -0.05) is 42.5 Å². The minimum absolute atomic E-state index is 0.0568. The molecular formula is C27H32N4O2S. The molecule has 0 unspecified atom stereocenters. The first-order valence-electron chi connectivity index (χ1n) is 11.9. The molecule has 1 aromatic heterocycles. The fourth-order valence-electron chi connectivity index (χ4n) is 5.80. The molecule has 2 atom stereocenters. The first-order valence-corrected chi connectivity index (χ1v) is 13.3. The van der Waals surface area contributed by atoms with E-state index in [1.54, 1.807) is 18.9 Å². The maximum Gasteiger partial charge on any atom is 0.230 e. The second-order valence-electron chi connectivity index (χ2n) is 9.28. The number of para-hydroxylation sites is 1. The summed E-state index contributed by atoms with van der Waals surface area (Å²) in [7, 11) is 1.79. The maximum absolute atomic E-state index is 12.5. The van der Waals surface area contributed by atoms with Crippen molar-refractivity contribution < 1.29 is 9.53 Å². The van der Waals surface area contributed by atoms with Gasteiger partial charge in [0, 0.05) is 30.8 Å². The van der Waals surface area contributed by atoms with E-state index in [9.17, 15) is 4.79 Å². The number of rotatable bonds is 7. The summed E-state index contributed by atoms with van der Waals surface area (Å²) in [6.07, 6.45) is 8.00. The van der Waals surface area contributed by atoms with Crippen LogP contribution in [0, 0.1) is 0 Å². The van der Waals surface area contributed by atoms with Crippen molar-refractivity contribution in [2.24, 2.45) is 0 Å². The van der Waals surface area contributed by atoms with Gasteiger partial charge in [-0.15, -0.1) is 0 Å². The molecule has 1 fully saturated rings. The molecule has 0 bridgehead atoms. The van der Waals surface area contributed by atoms with Crippen molar-refractivity contribution in [2.45, 2.75) is 36.9 Å². The van der Waals surface area contributed by atoms with E-state index in [-0.39, 0.29) is 23.5 Å². The molecule has 178 valence electrons. The number of ether oxygens (including phenoxy) is 1. The third-order valence-electron chi connectivity index (χ3n) is 7.34. The highest BCUT2D eigenvalue weighted by atomic mass is 32.2. The number of amides is 1. The van der Waals surface area contributed by atoms with Gasteiger partial charge < -0.3 is 10.1 Å². The molecule has 1 amide bonds. The lowest BCUT2D eigenvalue weighted by Gasteiger charge is -2.44. The predicted molar refractivity (Wildman–Crippen MR) is 136 cm³/mol. The van der Waals surface area contributed by atoms with Gasteiger partial charge in [0.2, 0.25) is 5.91 Å². The number of nitrogens with zero attached hydrogens (tertiary/aromatic N) is 3. The highest BCUT2D eigenvalue weighted by Crippen LogP contribution is 2.52. The van der Waals surface area contributed by atoms with E-state index in [1.807, 2.05) is 35.3 Å². The Bertz CT molecular complexity index is 1120. The number of aromatic nitrogens is 2. The van der Waals surface area contributed by atoms with Crippen LogP contribution in [0.3, 0.4) is 0 Å². The zero-order valence-corrected chi connectivity index (χ0v) is 20.6. The van der Waals surface area contributed by atoms with Crippen LogP contribution in [-0.2, 0) is 21.5 Å². The number of thioether (sulfide) groups is 1. The molecule has 1 aliphatic heterocycles. The van der Waals surface area contributed by atoms with Crippen LogP contribution in [-0.4, -0.2) is 58.9 Å². The lowest BCUT2D eigenvalue weighted by Crippen LogP contribution is -2.50. The highest BCUT2D eigenvalue weighted by Gasteiger charge is 2.53. The molecular weight excluding hydrogens is 444 g/mol. The van der Waals surface area contributed by atoms with Crippen molar-refractivity contribution in [3.05, 3.63) is 83.7 Å². The zero-order chi connectivity index (χ0) is 23.5. The van der Waals surface area contributed by atoms with Crippen molar-refractivity contribution in [3.8, 4) is 5.69 Å². The number of carbonyl (C=O) groups is 1. The number of likely N-dealkylation sites (tertiary alicyclic amines) is 1. The summed E-state index contributed by atoms with van der Waals surface area (Å²) in [5.41, 5.74) is 4.77. The first kappa shape index (κ1) is 23.1. The molecule has 6 nitrogen and oxygen atoms in total. The quantitative estimate of drug-likeness (QED) is 0.560. The van der Waals surface area contributed by atoms with E-state index < -0.39 is 0 Å². The monoisotopic (exact) mass is 476 g/mol. The first-order chi connectivity index (χ1) is 16.6. The van der Waals surface area contributed by atoms with Gasteiger partial charge in [0.1, 0.15) is 0 Å². The SMILES string of the molecule is CO[C@@H]1[C@@H](NC(=O)CSC)c2ccccc2C12CCN(Cc1cnn(-c3ccccc3)c1)CC2. The molecule has 2 aromatic carbocycles. The van der Waals surface area contributed by atoms with Crippen LogP contribution in [0.15, 0.2) is 67.0 Å². The minimum atomic E-state index is -0.100. The van der Waals surface area contributed by atoms with Crippen LogP contribution in [0.25, 0.3) is 5.69 Å². The summed E-state index contributed by atoms with van der Waals surface area (Å²) in [5, 5.41) is 7.83. The summed E-state index contributed by atoms with van der Waals surface area (Å²) in [4.78, 5) is 15.0. The largest absolute Gasteiger partial charge is 0.378 e. The molecule has 2 aliphatic rings. The van der Waals surface area contributed by atoms with Crippen molar-refractivity contribution >= 4 is 17.7 Å². The van der Waals surface area contributed by atoms with E-state index >= 15 is 0 Å². The Morgan fingerprint density at radius 1 is 1.15 bits per heavy atom. The third kappa shape index (κ3) is 4.28. The Labute approximate surface area is 205 Å². The number of carbonyl (C=O) groups excluding carboxylic acids is 1. The smallest absolute Gasteiger partial charge is 0.230 e. The Morgan fingerprint density at radius 3 is 2.62 bits per heavy atom. The Morgan fingerprint density at radius 2 is 1.88 bits per heavy atom. The average Bonchev–Trinajstić information content (AvgIpc) is 3.43. The summed E-state index contributed by atoms with van der Waals surface area (Å²) in [5.74, 6) is 0.534. The van der Waals surface area contributed by atoms with Gasteiger partial charge in [-0.25, -0.2) is 4.68 Å². The molecule has 1 N–H and O–H groups in total. The van der Waals surface area contributed by atoms with Gasteiger partial charge in [-0.3, -0.25) is 9.69 Å². The molecule has 0 saturated carbocycles. The van der Waals surface area contributed by atoms with Crippen LogP contribution >= 0.6 is 11.8 Å². The molecule has 1 aliphatic carbocycles. The van der Waals surface area contributed by atoms with Crippen molar-refractivity contribution in [3.63, 3.8) is 0 Å². The average molecular weight is 477 g/mol. The molecule has 5 rings (SSSR count). The summed E-state index contributed by atoms with van der Waals surface area (Å²) in [6, 6.07) is 18.7. The lowest BCUT2D eigenvalue weighted by molar-refractivity contribution is -0.121. The fraction of sp³-hybridized carbons (Fsp3) is 0.407. The van der Waals surface area contributed by atoms with Crippen LogP contribution in [0.1, 0.15) is 35.6 Å². The Hall–Kier alpha value is -2.61. The molecule has 1 spiro atoms. The van der Waals surface area contributed by atoms with Crippen molar-refractivity contribution in [2.75, 3.05) is 32.2 Å². The van der Waals surface area contributed by atoms with E-state index in [1.165, 1.54) is 16.7 Å². The van der Waals surface area contributed by atoms with Crippen LogP contribution < -0.4 is 5.32 Å². The predicted octanol–water partition coefficient (Wildman–Crippen LogP) is 3.96. The maximum atomic E-state index is 12.5. The van der Waals surface area contributed by atoms with Gasteiger partial charge in [0.25, 0.3) is 0 Å². The number of hydrogen-bond acceptors (Lipinski definition) is 5. The number of methoxy groups -OCH3 is 1. The van der Waals surface area contributed by atoms with E-state index in [2.05, 4.69) is 57.9 Å². The van der Waals surface area contributed by atoms with E-state index in [0.29, 0.717) is 5.75 Å². The fourth-order valence-corrected chi connectivity index (χ4v) is 6.15. The lowest BCUT2D eigenvalue weighted by atomic mass is 9.72. The highest BCUT2D eigenvalue weighted by molar-refractivity contribution is 7.99. The van der Waals surface area contributed by atoms with E-state index in [0.717, 1.165) is 38.2 Å². The normalized spacial score (nSPS) is 21.5. The molecule has 7 heteroatoms. The van der Waals surface area contributed by atoms with Gasteiger partial charge >= 0.3 is 0 Å². The number of benzene rings is 2. The Kier molecular flexibility index (Phi) is 6.77. The van der Waals surface area contributed by atoms with Crippen molar-refractivity contribution in [1.82, 2.24) is 20.0 Å². The van der Waals surface area contributed by atoms with Gasteiger partial charge in [-0.05, 0) is 55.4 Å². The van der Waals surface area contributed by atoms with Gasteiger partial charge in [-0.2, -0.15) is 16.9 Å². The molecule has 34 heavy (non-hydrogen) atoms. The van der Waals surface area contributed by atoms with E-state index in [4.69, 9.17) is 4.74 Å². The van der Waals surface area contributed by atoms with Gasteiger partial charge in [0.05, 0.1) is 29.8 Å². The van der Waals surface area contributed by atoms with Crippen molar-refractivity contribution in [1.29, 1.82) is 0 Å². The number of piperidine rings is 1. The minimum Gasteiger partial charge on any atom is -0.378 e. The summed E-state index contributed by atoms with van der Waals surface area (Å²) >= 11 is 1.55. The second kappa shape index (κ2) is 9.94. The molecule has 1 saturated heterocycles. The summed E-state index contributed by atoms with van der Waals surface area (Å²) in [6.45, 7) is 2.85. The third-order valence-corrected chi connectivity index (χ3v) is 7.89. The van der Waals surface area contributed by atoms with Crippen LogP contribution in [0.4, 0.5) is 0 Å². The van der Waals surface area contributed by atoms with Crippen LogP contribution in [0.2, 0.25) is 0 Å². The summed E-state index contributed by atoms with van der Waals surface area (Å²) < 4.78 is 8.07.